The SMILES string of the molecule is FC1CCCC2C3NC4NC(NC5NC(NC6NC(NC(N3)C12)C1CCCCC61)C1CCCCC51)C1CCCCC41. The van der Waals surface area contributed by atoms with Gasteiger partial charge in [0.2, 0.25) is 0 Å². The predicted octanol–water partition coefficient (Wildman–Crippen LogP) is 2.55. The van der Waals surface area contributed by atoms with E-state index in [0.29, 0.717) is 66.1 Å². The van der Waals surface area contributed by atoms with Crippen molar-refractivity contribution in [2.24, 2.45) is 47.3 Å². The number of rotatable bonds is 0. The van der Waals surface area contributed by atoms with Crippen molar-refractivity contribution in [1.82, 2.24) is 42.5 Å². The number of halogens is 1. The Morgan fingerprint density at radius 3 is 0.902 bits per heavy atom. The first-order valence-corrected chi connectivity index (χ1v) is 17.9. The highest BCUT2D eigenvalue weighted by atomic mass is 19.1. The van der Waals surface area contributed by atoms with Gasteiger partial charge in [0.1, 0.15) is 6.17 Å². The molecule has 0 aromatic rings. The van der Waals surface area contributed by atoms with Crippen molar-refractivity contribution >= 4 is 0 Å². The molecule has 0 aromatic heterocycles. The fraction of sp³-hybridized carbons (Fsp3) is 1.00. The van der Waals surface area contributed by atoms with Crippen molar-refractivity contribution in [2.75, 3.05) is 0 Å². The Morgan fingerprint density at radius 2 is 0.561 bits per heavy atom. The van der Waals surface area contributed by atoms with E-state index in [9.17, 15) is 0 Å². The molecule has 17 unspecified atom stereocenters. The van der Waals surface area contributed by atoms with Crippen LogP contribution < -0.4 is 42.5 Å². The number of fused-ring (bicyclic) bond motifs is 20. The summed E-state index contributed by atoms with van der Waals surface area (Å²) in [5, 5.41) is 32.9. The van der Waals surface area contributed by atoms with Gasteiger partial charge >= 0.3 is 0 Å². The van der Waals surface area contributed by atoms with Gasteiger partial charge in [-0.25, -0.2) is 4.39 Å². The molecule has 5 saturated heterocycles. The molecule has 8 nitrogen and oxygen atoms in total. The van der Waals surface area contributed by atoms with Crippen molar-refractivity contribution in [3.8, 4) is 0 Å². The summed E-state index contributed by atoms with van der Waals surface area (Å²) in [6.45, 7) is 0. The van der Waals surface area contributed by atoms with E-state index >= 15 is 4.39 Å². The summed E-state index contributed by atoms with van der Waals surface area (Å²) >= 11 is 0. The quantitative estimate of drug-likeness (QED) is 0.225. The zero-order valence-electron chi connectivity index (χ0n) is 24.8. The van der Waals surface area contributed by atoms with Crippen LogP contribution in [0.5, 0.6) is 0 Å². The third-order valence-corrected chi connectivity index (χ3v) is 13.8. The average molecular weight is 571 g/mol. The molecule has 0 aromatic carbocycles. The lowest BCUT2D eigenvalue weighted by Gasteiger charge is -2.36. The third kappa shape index (κ3) is 4.58. The van der Waals surface area contributed by atoms with Crippen LogP contribution in [0, 0.1) is 47.3 Å². The number of hydrogen-bond donors (Lipinski definition) is 8. The molecule has 0 amide bonds. The van der Waals surface area contributed by atoms with E-state index in [1.165, 1.54) is 77.0 Å². The predicted molar refractivity (Wildman–Crippen MR) is 157 cm³/mol. The molecular formula is C32H55FN8. The van der Waals surface area contributed by atoms with Gasteiger partial charge in [0.25, 0.3) is 0 Å². The molecule has 9 rings (SSSR count). The first-order chi connectivity index (χ1) is 20.2. The summed E-state index contributed by atoms with van der Waals surface area (Å²) in [5.41, 5.74) is 0. The highest BCUT2D eigenvalue weighted by Crippen LogP contribution is 2.46. The summed E-state index contributed by atoms with van der Waals surface area (Å²) < 4.78 is 15.8. The smallest absolute Gasteiger partial charge is 0.106 e. The summed E-state index contributed by atoms with van der Waals surface area (Å²) in [6.07, 6.45) is 20.2. The molecular weight excluding hydrogens is 515 g/mol. The van der Waals surface area contributed by atoms with Crippen molar-refractivity contribution in [3.05, 3.63) is 0 Å². The third-order valence-electron chi connectivity index (χ3n) is 13.8. The molecule has 0 radical (unpaired) electrons. The van der Waals surface area contributed by atoms with Gasteiger partial charge in [-0.1, -0.05) is 44.9 Å². The van der Waals surface area contributed by atoms with E-state index in [4.69, 9.17) is 0 Å². The van der Waals surface area contributed by atoms with Crippen LogP contribution in [0.15, 0.2) is 0 Å². The first-order valence-electron chi connectivity index (χ1n) is 17.9. The van der Waals surface area contributed by atoms with Gasteiger partial charge in [0, 0.05) is 5.92 Å². The molecule has 8 bridgehead atoms. The molecule has 4 aliphatic carbocycles. The molecule has 9 fully saturated rings. The summed E-state index contributed by atoms with van der Waals surface area (Å²) in [7, 11) is 0. The van der Waals surface area contributed by atoms with Crippen molar-refractivity contribution in [3.63, 3.8) is 0 Å². The molecule has 5 heterocycles. The van der Waals surface area contributed by atoms with Crippen LogP contribution in [0.2, 0.25) is 0 Å². The monoisotopic (exact) mass is 570 g/mol. The Hall–Kier alpha value is -0.390. The minimum absolute atomic E-state index is 0.0220. The lowest BCUT2D eigenvalue weighted by Crippen LogP contribution is -2.61. The maximum Gasteiger partial charge on any atom is 0.106 e. The van der Waals surface area contributed by atoms with E-state index in [1.54, 1.807) is 0 Å². The van der Waals surface area contributed by atoms with Crippen LogP contribution in [0.3, 0.4) is 0 Å². The largest absolute Gasteiger partial charge is 0.286 e. The van der Waals surface area contributed by atoms with Gasteiger partial charge in [0.15, 0.2) is 0 Å². The van der Waals surface area contributed by atoms with Gasteiger partial charge in [-0.2, -0.15) is 0 Å². The number of nitrogens with one attached hydrogen (secondary N) is 8. The van der Waals surface area contributed by atoms with Gasteiger partial charge in [0.05, 0.1) is 49.3 Å². The van der Waals surface area contributed by atoms with Crippen molar-refractivity contribution < 1.29 is 4.39 Å². The number of alkyl halides is 1. The van der Waals surface area contributed by atoms with Crippen LogP contribution >= 0.6 is 0 Å². The Kier molecular flexibility index (Phi) is 7.17. The van der Waals surface area contributed by atoms with Crippen LogP contribution in [0.25, 0.3) is 0 Å². The van der Waals surface area contributed by atoms with Crippen LogP contribution in [0.1, 0.15) is 96.3 Å². The summed E-state index contributed by atoms with van der Waals surface area (Å²) in [5.74, 6) is 4.36. The molecule has 4 saturated carbocycles. The fourth-order valence-electron chi connectivity index (χ4n) is 12.0. The zero-order valence-corrected chi connectivity index (χ0v) is 24.8. The molecule has 0 spiro atoms. The van der Waals surface area contributed by atoms with Crippen molar-refractivity contribution in [2.45, 2.75) is 152 Å². The highest BCUT2D eigenvalue weighted by Gasteiger charge is 2.55. The van der Waals surface area contributed by atoms with Crippen LogP contribution in [0.4, 0.5) is 4.39 Å². The molecule has 9 heteroatoms. The van der Waals surface area contributed by atoms with E-state index < -0.39 is 6.17 Å². The van der Waals surface area contributed by atoms with Crippen LogP contribution in [-0.4, -0.2) is 55.5 Å². The maximum atomic E-state index is 15.8. The standard InChI is InChI=1S/C32H55FN8/c33-23-15-7-14-22-24(23)32-40-30-21-13-6-5-12-20(21)28(38-30)36-26-17-9-2-1-8-16(17)25(34-26)35-27-18-10-3-4-11-19(18)29(37-27)39-31(22)41-32/h16-32,34-41H,1-15H2. The first kappa shape index (κ1) is 27.0. The Bertz CT molecular complexity index is 953. The van der Waals surface area contributed by atoms with Crippen LogP contribution in [-0.2, 0) is 0 Å². The Morgan fingerprint density at radius 1 is 0.293 bits per heavy atom. The second-order valence-electron chi connectivity index (χ2n) is 15.7. The topological polar surface area (TPSA) is 96.2 Å². The van der Waals surface area contributed by atoms with E-state index in [1.807, 2.05) is 0 Å². The lowest BCUT2D eigenvalue weighted by molar-refractivity contribution is 0.0892. The average Bonchev–Trinajstić information content (AvgIpc) is 3.73. The van der Waals surface area contributed by atoms with E-state index in [2.05, 4.69) is 42.5 Å². The van der Waals surface area contributed by atoms with Gasteiger partial charge in [-0.3, -0.25) is 42.5 Å². The second kappa shape index (κ2) is 10.9. The second-order valence-corrected chi connectivity index (χ2v) is 15.7. The number of hydrogen-bond acceptors (Lipinski definition) is 8. The van der Waals surface area contributed by atoms with Gasteiger partial charge in [-0.05, 0) is 92.8 Å². The summed E-state index contributed by atoms with van der Waals surface area (Å²) in [6, 6.07) is 0. The molecule has 17 atom stereocenters. The fourth-order valence-corrected chi connectivity index (χ4v) is 12.0. The van der Waals surface area contributed by atoms with E-state index in [0.717, 1.165) is 19.3 Å². The molecule has 41 heavy (non-hydrogen) atoms. The van der Waals surface area contributed by atoms with Crippen molar-refractivity contribution in [1.29, 1.82) is 0 Å². The highest BCUT2D eigenvalue weighted by molar-refractivity contribution is 5.09. The zero-order chi connectivity index (χ0) is 27.1. The minimum Gasteiger partial charge on any atom is -0.286 e. The normalized spacial score (nSPS) is 58.3. The van der Waals surface area contributed by atoms with Gasteiger partial charge < -0.3 is 0 Å². The molecule has 230 valence electrons. The Balaban J connectivity index is 1.06. The Labute approximate surface area is 246 Å². The lowest BCUT2D eigenvalue weighted by atomic mass is 9.76. The van der Waals surface area contributed by atoms with Gasteiger partial charge in [-0.15, -0.1) is 0 Å². The minimum atomic E-state index is -0.721. The molecule has 9 aliphatic rings. The molecule has 8 N–H and O–H groups in total. The van der Waals surface area contributed by atoms with E-state index in [-0.39, 0.29) is 30.6 Å². The summed E-state index contributed by atoms with van der Waals surface area (Å²) in [4.78, 5) is 0. The maximum absolute atomic E-state index is 15.8. The molecule has 5 aliphatic heterocycles.